The fourth-order valence-electron chi connectivity index (χ4n) is 2.79. The lowest BCUT2D eigenvalue weighted by molar-refractivity contribution is 0.0947. The Morgan fingerprint density at radius 2 is 1.95 bits per heavy atom. The lowest BCUT2D eigenvalue weighted by atomic mass is 9.77. The monoisotopic (exact) mass is 313 g/mol. The van der Waals surface area contributed by atoms with Gasteiger partial charge in [-0.1, -0.05) is 36.4 Å². The van der Waals surface area contributed by atoms with E-state index in [-0.39, 0.29) is 12.5 Å². The van der Waals surface area contributed by atoms with E-state index < -0.39 is 0 Å². The van der Waals surface area contributed by atoms with E-state index in [2.05, 4.69) is 23.5 Å². The lowest BCUT2D eigenvalue weighted by Crippen LogP contribution is -2.33. The number of aliphatic hydroxyl groups is 1. The van der Waals surface area contributed by atoms with Crippen molar-refractivity contribution in [3.8, 4) is 0 Å². The molecular weight excluding hydrogens is 294 g/mol. The highest BCUT2D eigenvalue weighted by atomic mass is 32.2. The number of amides is 1. The summed E-state index contributed by atoms with van der Waals surface area (Å²) >= 11 is 1.51. The molecule has 1 aliphatic carbocycles. The number of nitrogens with one attached hydrogen (secondary N) is 1. The van der Waals surface area contributed by atoms with E-state index >= 15 is 0 Å². The Hall–Kier alpha value is -1.78. The van der Waals surface area contributed by atoms with Gasteiger partial charge < -0.3 is 10.4 Å². The highest BCUT2D eigenvalue weighted by Gasteiger charge is 2.25. The van der Waals surface area contributed by atoms with Gasteiger partial charge in [-0.05, 0) is 29.7 Å². The smallest absolute Gasteiger partial charge is 0.252 e. The molecular formula is C18H19NO2S. The summed E-state index contributed by atoms with van der Waals surface area (Å²) in [5, 5.41) is 12.0. The third kappa shape index (κ3) is 3.18. The molecule has 4 heteroatoms. The maximum atomic E-state index is 12.4. The van der Waals surface area contributed by atoms with Gasteiger partial charge in [-0.25, -0.2) is 0 Å². The average molecular weight is 313 g/mol. The molecule has 0 spiro atoms. The minimum absolute atomic E-state index is 0.0366. The van der Waals surface area contributed by atoms with Gasteiger partial charge >= 0.3 is 0 Å². The molecule has 0 saturated carbocycles. The molecule has 2 aromatic carbocycles. The number of hydrogen-bond acceptors (Lipinski definition) is 3. The number of carbonyl (C=O) groups excluding carboxylic acids is 1. The van der Waals surface area contributed by atoms with E-state index in [9.17, 15) is 4.79 Å². The fourth-order valence-corrected chi connectivity index (χ4v) is 3.59. The first kappa shape index (κ1) is 15.1. The molecule has 0 aliphatic heterocycles. The van der Waals surface area contributed by atoms with Crippen LogP contribution in [0.2, 0.25) is 0 Å². The van der Waals surface area contributed by atoms with Crippen LogP contribution in [0.3, 0.4) is 0 Å². The number of hydrogen-bond donors (Lipinski definition) is 2. The zero-order valence-corrected chi connectivity index (χ0v) is 13.1. The number of carbonyl (C=O) groups is 1. The van der Waals surface area contributed by atoms with Gasteiger partial charge in [-0.3, -0.25) is 4.79 Å². The molecule has 0 bridgehead atoms. The molecule has 0 radical (unpaired) electrons. The van der Waals surface area contributed by atoms with E-state index in [1.165, 1.54) is 22.9 Å². The van der Waals surface area contributed by atoms with E-state index in [1.807, 2.05) is 30.3 Å². The molecule has 114 valence electrons. The number of aliphatic hydroxyl groups excluding tert-OH is 1. The van der Waals surface area contributed by atoms with E-state index in [0.29, 0.717) is 23.8 Å². The van der Waals surface area contributed by atoms with Crippen LogP contribution < -0.4 is 5.32 Å². The highest BCUT2D eigenvalue weighted by molar-refractivity contribution is 7.99. The van der Waals surface area contributed by atoms with Crippen LogP contribution in [0.1, 0.15) is 27.4 Å². The summed E-state index contributed by atoms with van der Waals surface area (Å²) in [6.45, 7) is 0.786. The van der Waals surface area contributed by atoms with Gasteiger partial charge in [0.2, 0.25) is 0 Å². The molecule has 22 heavy (non-hydrogen) atoms. The van der Waals surface area contributed by atoms with Crippen molar-refractivity contribution < 1.29 is 9.90 Å². The second kappa shape index (κ2) is 6.99. The zero-order valence-electron chi connectivity index (χ0n) is 12.3. The molecule has 2 N–H and O–H groups in total. The lowest BCUT2D eigenvalue weighted by Gasteiger charge is -2.30. The van der Waals surface area contributed by atoms with Crippen molar-refractivity contribution in [2.24, 2.45) is 0 Å². The predicted octanol–water partition coefficient (Wildman–Crippen LogP) is 2.84. The normalized spacial score (nSPS) is 15.8. The van der Waals surface area contributed by atoms with Gasteiger partial charge in [0.05, 0.1) is 12.2 Å². The van der Waals surface area contributed by atoms with Crippen molar-refractivity contribution in [2.45, 2.75) is 17.2 Å². The minimum atomic E-state index is -0.0366. The third-order valence-corrected chi connectivity index (χ3v) is 5.00. The van der Waals surface area contributed by atoms with Gasteiger partial charge in [-0.15, -0.1) is 11.8 Å². The van der Waals surface area contributed by atoms with Gasteiger partial charge in [0, 0.05) is 23.1 Å². The van der Waals surface area contributed by atoms with Gasteiger partial charge in [-0.2, -0.15) is 0 Å². The number of thioether (sulfide) groups is 1. The molecule has 1 atom stereocenters. The first-order valence-electron chi connectivity index (χ1n) is 7.48. The first-order valence-corrected chi connectivity index (χ1v) is 8.47. The van der Waals surface area contributed by atoms with Crippen molar-refractivity contribution in [2.75, 3.05) is 18.9 Å². The number of fused-ring (bicyclic) bond motifs is 1. The van der Waals surface area contributed by atoms with E-state index in [1.54, 1.807) is 0 Å². The Morgan fingerprint density at radius 3 is 2.77 bits per heavy atom. The molecule has 3 rings (SSSR count). The average Bonchev–Trinajstić information content (AvgIpc) is 2.54. The van der Waals surface area contributed by atoms with Crippen LogP contribution in [0.5, 0.6) is 0 Å². The molecule has 1 amide bonds. The van der Waals surface area contributed by atoms with Crippen LogP contribution in [-0.4, -0.2) is 29.9 Å². The largest absolute Gasteiger partial charge is 0.396 e. The highest BCUT2D eigenvalue weighted by Crippen LogP contribution is 2.34. The quantitative estimate of drug-likeness (QED) is 0.806. The maximum Gasteiger partial charge on any atom is 0.252 e. The summed E-state index contributed by atoms with van der Waals surface area (Å²) in [5.41, 5.74) is 3.43. The molecule has 0 fully saturated rings. The van der Waals surface area contributed by atoms with Crippen LogP contribution in [-0.2, 0) is 6.42 Å². The number of benzene rings is 2. The summed E-state index contributed by atoms with van der Waals surface area (Å²) in [7, 11) is 0. The third-order valence-electron chi connectivity index (χ3n) is 3.95. The molecule has 3 nitrogen and oxygen atoms in total. The van der Waals surface area contributed by atoms with Crippen molar-refractivity contribution >= 4 is 17.7 Å². The number of rotatable bonds is 6. The van der Waals surface area contributed by atoms with Gasteiger partial charge in [0.1, 0.15) is 0 Å². The summed E-state index contributed by atoms with van der Waals surface area (Å²) in [6, 6.07) is 15.9. The summed E-state index contributed by atoms with van der Waals surface area (Å²) in [5.74, 6) is 0.989. The molecule has 1 aliphatic rings. The molecule has 2 aromatic rings. The topological polar surface area (TPSA) is 49.3 Å². The van der Waals surface area contributed by atoms with Crippen LogP contribution in [0.25, 0.3) is 0 Å². The van der Waals surface area contributed by atoms with Gasteiger partial charge in [0.15, 0.2) is 0 Å². The SMILES string of the molecule is O=C(NC[C@H]1Cc2ccccc21)c1ccccc1SCCO. The van der Waals surface area contributed by atoms with Crippen molar-refractivity contribution in [1.82, 2.24) is 5.32 Å². The van der Waals surface area contributed by atoms with Crippen molar-refractivity contribution in [3.63, 3.8) is 0 Å². The molecule has 0 heterocycles. The second-order valence-corrected chi connectivity index (χ2v) is 6.51. The molecule has 0 aromatic heterocycles. The van der Waals surface area contributed by atoms with Crippen molar-refractivity contribution in [1.29, 1.82) is 0 Å². The van der Waals surface area contributed by atoms with E-state index in [4.69, 9.17) is 5.11 Å². The Kier molecular flexibility index (Phi) is 4.80. The van der Waals surface area contributed by atoms with Crippen LogP contribution in [0.4, 0.5) is 0 Å². The Morgan fingerprint density at radius 1 is 1.18 bits per heavy atom. The fraction of sp³-hybridized carbons (Fsp3) is 0.278. The first-order chi connectivity index (χ1) is 10.8. The minimum Gasteiger partial charge on any atom is -0.396 e. The van der Waals surface area contributed by atoms with Crippen LogP contribution in [0, 0.1) is 0 Å². The summed E-state index contributed by atoms with van der Waals surface area (Å²) in [6.07, 6.45) is 1.04. The van der Waals surface area contributed by atoms with Crippen LogP contribution >= 0.6 is 11.8 Å². The Bertz CT molecular complexity index is 672. The van der Waals surface area contributed by atoms with Gasteiger partial charge in [0.25, 0.3) is 5.91 Å². The standard InChI is InChI=1S/C18H19NO2S/c20-9-10-22-17-8-4-3-7-16(17)18(21)19-12-14-11-13-5-1-2-6-15(13)14/h1-8,14,20H,9-12H2,(H,19,21)/t14-/m1/s1. The Labute approximate surface area is 134 Å². The van der Waals surface area contributed by atoms with Crippen molar-refractivity contribution in [3.05, 3.63) is 65.2 Å². The molecule has 0 saturated heterocycles. The summed E-state index contributed by atoms with van der Waals surface area (Å²) < 4.78 is 0. The zero-order chi connectivity index (χ0) is 15.4. The summed E-state index contributed by atoms with van der Waals surface area (Å²) in [4.78, 5) is 13.3. The Balaban J connectivity index is 1.61. The maximum absolute atomic E-state index is 12.4. The van der Waals surface area contributed by atoms with E-state index in [0.717, 1.165) is 11.3 Å². The molecule has 0 unspecified atom stereocenters. The van der Waals surface area contributed by atoms with Crippen LogP contribution in [0.15, 0.2) is 53.4 Å². The predicted molar refractivity (Wildman–Crippen MR) is 89.5 cm³/mol. The second-order valence-electron chi connectivity index (χ2n) is 5.38.